The Bertz CT molecular complexity index is 1930. The van der Waals surface area contributed by atoms with E-state index in [1.165, 1.54) is 12.1 Å². The average molecular weight is 651 g/mol. The average Bonchev–Trinajstić information content (AvgIpc) is 3.83. The van der Waals surface area contributed by atoms with Crippen LogP contribution in [0.5, 0.6) is 0 Å². The molecule has 0 aliphatic rings. The molecule has 0 aliphatic carbocycles. The summed E-state index contributed by atoms with van der Waals surface area (Å²) in [5.41, 5.74) is 4.10. The second-order valence-corrected chi connectivity index (χ2v) is 10.6. The molecule has 47 heavy (non-hydrogen) atoms. The first-order chi connectivity index (χ1) is 22.7. The minimum absolute atomic E-state index is 0.348. The van der Waals surface area contributed by atoms with Crippen LogP contribution in [0.4, 0.5) is 24.5 Å². The van der Waals surface area contributed by atoms with E-state index in [9.17, 15) is 13.2 Å². The Kier molecular flexibility index (Phi) is 10.2. The van der Waals surface area contributed by atoms with Crippen LogP contribution in [0.15, 0.2) is 135 Å². The lowest BCUT2D eigenvalue weighted by molar-refractivity contribution is -0.137. The monoisotopic (exact) mass is 650 g/mol. The van der Waals surface area contributed by atoms with Gasteiger partial charge >= 0.3 is 6.18 Å². The van der Waals surface area contributed by atoms with Crippen molar-refractivity contribution in [2.45, 2.75) is 19.3 Å². The topological polar surface area (TPSA) is 89.7 Å². The molecule has 6 rings (SSSR count). The maximum atomic E-state index is 12.7. The van der Waals surface area contributed by atoms with Gasteiger partial charge in [-0.15, -0.1) is 0 Å². The standard InChI is InChI=1S/C18H13F3N4.C17H13ClN4/c19-18(20,21)16-5-1-15(2-6-16)12-25(24-10-9-23-13-24)17-7-3-14(11-22)4-8-17;18-16-5-1-15(2-6-16)12-22(21-10-9-20-13-21)17-7-3-14(11-19)4-8-17/h1-10,13H,12H2;1-10,13H,12H2. The van der Waals surface area contributed by atoms with Gasteiger partial charge in [-0.25, -0.2) is 19.3 Å². The van der Waals surface area contributed by atoms with Gasteiger partial charge in [-0.2, -0.15) is 23.7 Å². The summed E-state index contributed by atoms with van der Waals surface area (Å²) in [5.74, 6) is 0. The van der Waals surface area contributed by atoms with Crippen LogP contribution < -0.4 is 10.0 Å². The third-order valence-electron chi connectivity index (χ3n) is 6.99. The van der Waals surface area contributed by atoms with Crippen molar-refractivity contribution < 1.29 is 13.2 Å². The third-order valence-corrected chi connectivity index (χ3v) is 7.24. The molecule has 0 saturated carbocycles. The van der Waals surface area contributed by atoms with Crippen molar-refractivity contribution in [3.8, 4) is 12.1 Å². The highest BCUT2D eigenvalue weighted by Gasteiger charge is 2.30. The summed E-state index contributed by atoms with van der Waals surface area (Å²) in [6, 6.07) is 31.4. The molecule has 0 spiro atoms. The second kappa shape index (κ2) is 14.8. The summed E-state index contributed by atoms with van der Waals surface area (Å²) in [6.45, 7) is 1.01. The number of benzene rings is 4. The van der Waals surface area contributed by atoms with E-state index in [1.807, 2.05) is 52.3 Å². The van der Waals surface area contributed by atoms with Gasteiger partial charge in [-0.3, -0.25) is 10.0 Å². The van der Waals surface area contributed by atoms with Gasteiger partial charge in [0.05, 0.1) is 53.3 Å². The van der Waals surface area contributed by atoms with Gasteiger partial charge in [0, 0.05) is 29.8 Å². The molecule has 0 radical (unpaired) electrons. The van der Waals surface area contributed by atoms with Gasteiger partial charge in [0.25, 0.3) is 0 Å². The highest BCUT2D eigenvalue weighted by atomic mass is 35.5. The fraction of sp³-hybridized carbons (Fsp3) is 0.0857. The van der Waals surface area contributed by atoms with E-state index >= 15 is 0 Å². The zero-order valence-corrected chi connectivity index (χ0v) is 25.5. The van der Waals surface area contributed by atoms with Crippen LogP contribution in [0.2, 0.25) is 5.02 Å². The van der Waals surface area contributed by atoms with Crippen molar-refractivity contribution >= 4 is 23.0 Å². The van der Waals surface area contributed by atoms with Crippen molar-refractivity contribution in [3.63, 3.8) is 0 Å². The number of aromatic nitrogens is 4. The maximum Gasteiger partial charge on any atom is 0.416 e. The predicted molar refractivity (Wildman–Crippen MR) is 173 cm³/mol. The highest BCUT2D eigenvalue weighted by Crippen LogP contribution is 2.29. The summed E-state index contributed by atoms with van der Waals surface area (Å²) in [7, 11) is 0. The molecule has 6 aromatic rings. The summed E-state index contributed by atoms with van der Waals surface area (Å²) in [4.78, 5) is 8.12. The minimum Gasteiger partial charge on any atom is -0.276 e. The Hall–Kier alpha value is -6.04. The van der Waals surface area contributed by atoms with Crippen LogP contribution in [-0.2, 0) is 19.3 Å². The molecule has 0 bridgehead atoms. The molecule has 12 heteroatoms. The lowest BCUT2D eigenvalue weighted by Gasteiger charge is -2.25. The van der Waals surface area contributed by atoms with Crippen molar-refractivity contribution in [2.24, 2.45) is 0 Å². The maximum absolute atomic E-state index is 12.7. The molecule has 4 aromatic carbocycles. The largest absolute Gasteiger partial charge is 0.416 e. The van der Waals surface area contributed by atoms with Gasteiger partial charge in [0.1, 0.15) is 12.7 Å². The number of anilines is 2. The predicted octanol–water partition coefficient (Wildman–Crippen LogP) is 8.12. The van der Waals surface area contributed by atoms with E-state index in [4.69, 9.17) is 22.1 Å². The van der Waals surface area contributed by atoms with E-state index in [-0.39, 0.29) is 0 Å². The Morgan fingerprint density at radius 2 is 1.02 bits per heavy atom. The molecule has 8 nitrogen and oxygen atoms in total. The number of hydrogen-bond donors (Lipinski definition) is 0. The molecule has 0 saturated heterocycles. The zero-order chi connectivity index (χ0) is 33.2. The number of hydrogen-bond acceptors (Lipinski definition) is 6. The lowest BCUT2D eigenvalue weighted by Crippen LogP contribution is -2.27. The molecule has 0 aliphatic heterocycles. The molecule has 0 N–H and O–H groups in total. The van der Waals surface area contributed by atoms with Crippen LogP contribution in [0.1, 0.15) is 27.8 Å². The third kappa shape index (κ3) is 8.57. The number of alkyl halides is 3. The van der Waals surface area contributed by atoms with Crippen LogP contribution in [0.25, 0.3) is 0 Å². The molecule has 0 amide bonds. The number of rotatable bonds is 8. The summed E-state index contributed by atoms with van der Waals surface area (Å²) in [5, 5.41) is 22.5. The molecule has 2 aromatic heterocycles. The van der Waals surface area contributed by atoms with E-state index in [1.54, 1.807) is 72.3 Å². The number of halogens is 4. The van der Waals surface area contributed by atoms with E-state index in [0.29, 0.717) is 29.8 Å². The van der Waals surface area contributed by atoms with Crippen LogP contribution >= 0.6 is 11.6 Å². The Morgan fingerprint density at radius 3 is 1.36 bits per heavy atom. The fourth-order valence-corrected chi connectivity index (χ4v) is 4.68. The van der Waals surface area contributed by atoms with Gasteiger partial charge in [-0.05, 0) is 83.9 Å². The lowest BCUT2D eigenvalue weighted by atomic mass is 10.1. The number of nitriles is 2. The molecule has 2 heterocycles. The molecule has 0 fully saturated rings. The quantitative estimate of drug-likeness (QED) is 0.165. The number of nitrogens with zero attached hydrogens (tertiary/aromatic N) is 8. The molecule has 0 unspecified atom stereocenters. The van der Waals surface area contributed by atoms with Gasteiger partial charge in [0.15, 0.2) is 0 Å². The second-order valence-electron chi connectivity index (χ2n) is 10.1. The molecular formula is C35H26ClF3N8. The van der Waals surface area contributed by atoms with Crippen molar-refractivity contribution in [1.29, 1.82) is 10.5 Å². The SMILES string of the molecule is N#Cc1ccc(N(Cc2ccc(C(F)(F)F)cc2)n2ccnc2)cc1.N#Cc1ccc(N(Cc2ccc(Cl)cc2)n2ccnc2)cc1. The van der Waals surface area contributed by atoms with Gasteiger partial charge in [-0.1, -0.05) is 35.9 Å². The van der Waals surface area contributed by atoms with E-state index in [2.05, 4.69) is 27.1 Å². The minimum atomic E-state index is -4.35. The fourth-order valence-electron chi connectivity index (χ4n) is 4.55. The van der Waals surface area contributed by atoms with Crippen molar-refractivity contribution in [3.05, 3.63) is 167 Å². The smallest absolute Gasteiger partial charge is 0.276 e. The van der Waals surface area contributed by atoms with Crippen molar-refractivity contribution in [2.75, 3.05) is 10.0 Å². The first-order valence-electron chi connectivity index (χ1n) is 14.2. The highest BCUT2D eigenvalue weighted by molar-refractivity contribution is 6.30. The Labute approximate surface area is 274 Å². The molecule has 234 valence electrons. The first kappa shape index (κ1) is 32.4. The van der Waals surface area contributed by atoms with Gasteiger partial charge < -0.3 is 0 Å². The van der Waals surface area contributed by atoms with Crippen LogP contribution in [-0.4, -0.2) is 19.3 Å². The summed E-state index contributed by atoms with van der Waals surface area (Å²) in [6.07, 6.45) is 5.96. The summed E-state index contributed by atoms with van der Waals surface area (Å²) < 4.78 is 41.7. The van der Waals surface area contributed by atoms with Crippen molar-refractivity contribution in [1.82, 2.24) is 19.3 Å². The van der Waals surface area contributed by atoms with E-state index < -0.39 is 11.7 Å². The molecular weight excluding hydrogens is 625 g/mol. The first-order valence-corrected chi connectivity index (χ1v) is 14.5. The zero-order valence-electron chi connectivity index (χ0n) is 24.7. The molecule has 0 atom stereocenters. The van der Waals surface area contributed by atoms with Crippen LogP contribution in [0.3, 0.4) is 0 Å². The summed E-state index contributed by atoms with van der Waals surface area (Å²) >= 11 is 5.94. The van der Waals surface area contributed by atoms with Crippen LogP contribution in [0, 0.1) is 22.7 Å². The normalized spacial score (nSPS) is 10.7. The van der Waals surface area contributed by atoms with E-state index in [0.717, 1.165) is 34.1 Å². The Morgan fingerprint density at radius 1 is 0.617 bits per heavy atom. The number of imidazole rings is 2. The Balaban J connectivity index is 0.000000186. The van der Waals surface area contributed by atoms with Gasteiger partial charge in [0.2, 0.25) is 0 Å².